The van der Waals surface area contributed by atoms with Crippen molar-refractivity contribution in [2.75, 3.05) is 13.1 Å². The molecule has 2 radical (unpaired) electrons. The van der Waals surface area contributed by atoms with Gasteiger partial charge in [-0.2, -0.15) is 10.2 Å². The van der Waals surface area contributed by atoms with E-state index in [4.69, 9.17) is 9.31 Å². The minimum atomic E-state index is -1.08. The van der Waals surface area contributed by atoms with Crippen LogP contribution < -0.4 is 10.9 Å². The van der Waals surface area contributed by atoms with Crippen LogP contribution >= 0.6 is 11.3 Å². The molecule has 2 amide bonds. The molecule has 10 rings (SSSR count). The summed E-state index contributed by atoms with van der Waals surface area (Å²) < 4.78 is 47.6. The first kappa shape index (κ1) is 57.1. The number of aliphatic hydroxyl groups is 2. The van der Waals surface area contributed by atoms with Crippen molar-refractivity contribution in [1.82, 2.24) is 43.6 Å². The lowest BCUT2D eigenvalue weighted by Gasteiger charge is -2.37. The third kappa shape index (κ3) is 11.6. The van der Waals surface area contributed by atoms with Gasteiger partial charge < -0.3 is 33.9 Å². The molecule has 0 saturated carbocycles. The maximum absolute atomic E-state index is 15.3. The van der Waals surface area contributed by atoms with E-state index in [1.54, 1.807) is 124 Å². The molecule has 20 heteroatoms. The number of benzene rings is 2. The molecule has 2 unspecified atom stereocenters. The van der Waals surface area contributed by atoms with Gasteiger partial charge in [-0.25, -0.2) is 27.8 Å². The smallest absolute Gasteiger partial charge is 0.331 e. The lowest BCUT2D eigenvalue weighted by Crippen LogP contribution is -2.49. The summed E-state index contributed by atoms with van der Waals surface area (Å²) in [5.41, 5.74) is 4.34. The average molecular weight is 1090 g/mol. The van der Waals surface area contributed by atoms with Crippen LogP contribution in [0.25, 0.3) is 33.8 Å². The number of hydrogen-bond acceptors (Lipinski definition) is 11. The van der Waals surface area contributed by atoms with Gasteiger partial charge in [0.25, 0.3) is 11.8 Å². The molecule has 15 nitrogen and oxygen atoms in total. The van der Waals surface area contributed by atoms with Gasteiger partial charge in [-0.1, -0.05) is 49.0 Å². The van der Waals surface area contributed by atoms with Crippen LogP contribution in [-0.2, 0) is 35.1 Å². The Morgan fingerprint density at radius 1 is 0.671 bits per heavy atom. The second-order valence-electron chi connectivity index (χ2n) is 22.5. The molecule has 0 fully saturated rings. The fraction of sp³-hybridized carbons (Fsp3) is 0.424. The highest BCUT2D eigenvalue weighted by Crippen LogP contribution is 2.35. The van der Waals surface area contributed by atoms with E-state index in [2.05, 4.69) is 55.4 Å². The highest BCUT2D eigenvalue weighted by Gasteiger charge is 2.37. The van der Waals surface area contributed by atoms with Crippen molar-refractivity contribution in [3.05, 3.63) is 141 Å². The zero-order valence-corrected chi connectivity index (χ0v) is 48.0. The lowest BCUT2D eigenvalue weighted by atomic mass is 9.82. The van der Waals surface area contributed by atoms with Gasteiger partial charge in [0.2, 0.25) is 0 Å². The topological polar surface area (TPSA) is 165 Å². The molecular weight excluding hydrogens is 1020 g/mol. The van der Waals surface area contributed by atoms with Gasteiger partial charge in [0.05, 0.1) is 45.9 Å². The number of rotatable bonds is 14. The predicted octanol–water partition coefficient (Wildman–Crippen LogP) is 9.05. The third-order valence-corrected chi connectivity index (χ3v) is 17.0. The zero-order valence-electron chi connectivity index (χ0n) is 47.1. The van der Waals surface area contributed by atoms with Crippen LogP contribution in [0.3, 0.4) is 0 Å². The van der Waals surface area contributed by atoms with Crippen molar-refractivity contribution in [2.45, 2.75) is 150 Å². The average Bonchev–Trinajstić information content (AvgIpc) is 4.31. The summed E-state index contributed by atoms with van der Waals surface area (Å²) in [7, 11) is 2.90. The maximum Gasteiger partial charge on any atom is 0.331 e. The molecule has 0 aliphatic carbocycles. The lowest BCUT2D eigenvalue weighted by molar-refractivity contribution is -0.0893. The molecule has 8 heterocycles. The number of carbonyl (C=O) groups excluding carboxylic acids is 2. The SMILES string of the molecule is CCc1cc(C(=O)N2CCCn3cccc3C2C)nc2cc(-c3ccc([B]OC(C)(C)C(C)(C)O)cc3F)nn12.CCc1cc(C(=O)N2CCc3sccc3C2C)nc2cc(-c3ccc([B]OC(C)(C)C(C)(C)O)cc3F)nn12. The molecule has 2 aromatic carbocycles. The number of fused-ring (bicyclic) bond motifs is 4. The number of amides is 2. The number of thiophene rings is 1. The summed E-state index contributed by atoms with van der Waals surface area (Å²) in [4.78, 5) is 41.7. The van der Waals surface area contributed by atoms with Crippen LogP contribution in [0.1, 0.15) is 150 Å². The fourth-order valence-corrected chi connectivity index (χ4v) is 10.5. The number of nitrogens with zero attached hydrogens (tertiary/aromatic N) is 9. The summed E-state index contributed by atoms with van der Waals surface area (Å²) in [5, 5.41) is 31.9. The van der Waals surface area contributed by atoms with E-state index in [1.165, 1.54) is 37.5 Å². The number of aromatic nitrogens is 7. The van der Waals surface area contributed by atoms with Crippen molar-refractivity contribution < 1.29 is 37.9 Å². The Morgan fingerprint density at radius 2 is 1.16 bits per heavy atom. The van der Waals surface area contributed by atoms with E-state index >= 15 is 8.78 Å². The molecular formula is C59H69B2F2N9O6S. The monoisotopic (exact) mass is 1090 g/mol. The molecule has 6 aromatic heterocycles. The van der Waals surface area contributed by atoms with Crippen LogP contribution in [0, 0.1) is 11.6 Å². The van der Waals surface area contributed by atoms with Gasteiger partial charge in [0, 0.05) is 71.0 Å². The summed E-state index contributed by atoms with van der Waals surface area (Å²) in [5.74, 6) is -1.15. The van der Waals surface area contributed by atoms with Crippen molar-refractivity contribution in [3.8, 4) is 22.5 Å². The maximum atomic E-state index is 15.3. The number of carbonyl (C=O) groups is 2. The molecule has 412 valence electrons. The van der Waals surface area contributed by atoms with Crippen LogP contribution in [0.5, 0.6) is 0 Å². The van der Waals surface area contributed by atoms with Crippen molar-refractivity contribution >= 4 is 60.3 Å². The first-order valence-electron chi connectivity index (χ1n) is 27.0. The Kier molecular flexibility index (Phi) is 16.0. The number of hydrogen-bond donors (Lipinski definition) is 2. The van der Waals surface area contributed by atoms with Crippen molar-refractivity contribution in [3.63, 3.8) is 0 Å². The highest BCUT2D eigenvalue weighted by molar-refractivity contribution is 7.10. The second-order valence-corrected chi connectivity index (χ2v) is 23.5. The van der Waals surface area contributed by atoms with E-state index in [-0.39, 0.29) is 23.9 Å². The van der Waals surface area contributed by atoms with Crippen LogP contribution in [0.2, 0.25) is 0 Å². The second kappa shape index (κ2) is 22.2. The molecule has 79 heavy (non-hydrogen) atoms. The van der Waals surface area contributed by atoms with Gasteiger partial charge in [-0.3, -0.25) is 9.59 Å². The Balaban J connectivity index is 0.000000192. The van der Waals surface area contributed by atoms with Gasteiger partial charge in [0.15, 0.2) is 11.3 Å². The molecule has 0 bridgehead atoms. The molecule has 2 aliphatic heterocycles. The normalized spacial score (nSPS) is 16.1. The van der Waals surface area contributed by atoms with E-state index in [0.29, 0.717) is 82.1 Å². The third-order valence-electron chi connectivity index (χ3n) is 16.0. The Hall–Kier alpha value is -6.57. The standard InChI is InChI=1S/C30H36BFN5O3.C29H33BFN4O3S/c1-7-21-17-25(28(38)36-15-9-14-35-13-8-10-26(35)19(36)2)33-27-18-24(34-37(21)27)22-12-11-20(16-23(22)32)31-40-30(5,6)29(3,4)39;1-7-19-15-24(27(36)34-12-10-25-20(17(34)2)11-13-39-25)32-26-16-23(33-35(19)26)21-9-8-18(14-22(21)31)30-38-29(5,6)28(3,4)37/h8,10-13,16-19,39H,7,9,14-15H2,1-6H3;8-9,11,13-17,37H,7,10,12H2,1-6H3. The van der Waals surface area contributed by atoms with Gasteiger partial charge in [-0.15, -0.1) is 11.3 Å². The predicted molar refractivity (Wildman–Crippen MR) is 305 cm³/mol. The van der Waals surface area contributed by atoms with E-state index < -0.39 is 34.0 Å². The van der Waals surface area contributed by atoms with Crippen molar-refractivity contribution in [2.24, 2.45) is 0 Å². The van der Waals surface area contributed by atoms with Gasteiger partial charge >= 0.3 is 15.0 Å². The quantitative estimate of drug-likeness (QED) is 0.100. The molecule has 2 aliphatic rings. The Bertz CT molecular complexity index is 3560. The summed E-state index contributed by atoms with van der Waals surface area (Å²) in [6.07, 6.45) is 5.03. The first-order valence-corrected chi connectivity index (χ1v) is 27.9. The van der Waals surface area contributed by atoms with Gasteiger partial charge in [-0.05, 0) is 148 Å². The fourth-order valence-electron chi connectivity index (χ4n) is 9.54. The van der Waals surface area contributed by atoms with Crippen molar-refractivity contribution in [1.29, 1.82) is 0 Å². The largest absolute Gasteiger partial charge is 0.427 e. The minimum Gasteiger partial charge on any atom is -0.427 e. The highest BCUT2D eigenvalue weighted by atomic mass is 32.1. The molecule has 2 atom stereocenters. The summed E-state index contributed by atoms with van der Waals surface area (Å²) >= 11 is 1.74. The summed E-state index contributed by atoms with van der Waals surface area (Å²) in [6, 6.07) is 22.6. The van der Waals surface area contributed by atoms with Crippen LogP contribution in [0.15, 0.2) is 90.4 Å². The van der Waals surface area contributed by atoms with E-state index in [9.17, 15) is 19.8 Å². The number of aryl methyl sites for hydroxylation is 3. The van der Waals surface area contributed by atoms with Gasteiger partial charge in [0.1, 0.15) is 23.0 Å². The van der Waals surface area contributed by atoms with E-state index in [0.717, 1.165) is 36.5 Å². The van der Waals surface area contributed by atoms with E-state index in [1.807, 2.05) is 36.6 Å². The van der Waals surface area contributed by atoms with Crippen LogP contribution in [0.4, 0.5) is 8.78 Å². The first-order chi connectivity index (χ1) is 37.3. The molecule has 0 spiro atoms. The molecule has 8 aromatic rings. The molecule has 2 N–H and O–H groups in total. The summed E-state index contributed by atoms with van der Waals surface area (Å²) in [6.45, 7) is 24.0. The van der Waals surface area contributed by atoms with Crippen LogP contribution in [-0.4, -0.2) is 116 Å². The number of halogens is 2. The Morgan fingerprint density at radius 3 is 1.63 bits per heavy atom. The molecule has 0 saturated heterocycles. The Labute approximate surface area is 466 Å². The minimum absolute atomic E-state index is 0.0153. The zero-order chi connectivity index (χ0) is 56.9.